The van der Waals surface area contributed by atoms with Gasteiger partial charge in [0.15, 0.2) is 6.29 Å². The van der Waals surface area contributed by atoms with Crippen molar-refractivity contribution in [2.75, 3.05) is 26.2 Å². The van der Waals surface area contributed by atoms with E-state index in [9.17, 15) is 15.0 Å². The molecule has 4 aromatic rings. The van der Waals surface area contributed by atoms with Crippen LogP contribution < -0.4 is 5.32 Å². The van der Waals surface area contributed by atoms with Crippen LogP contribution in [-0.4, -0.2) is 53.6 Å². The van der Waals surface area contributed by atoms with Gasteiger partial charge in [0.05, 0.1) is 24.4 Å². The Labute approximate surface area is 292 Å². The van der Waals surface area contributed by atoms with Crippen molar-refractivity contribution in [1.82, 2.24) is 10.2 Å². The van der Waals surface area contributed by atoms with Crippen LogP contribution in [0.2, 0.25) is 5.02 Å². The second-order valence-electron chi connectivity index (χ2n) is 12.8. The molecule has 1 amide bonds. The third-order valence-electron chi connectivity index (χ3n) is 9.33. The summed E-state index contributed by atoms with van der Waals surface area (Å²) in [4.78, 5) is 14.3. The largest absolute Gasteiger partial charge is 0.445 e. The molecule has 2 heterocycles. The summed E-state index contributed by atoms with van der Waals surface area (Å²) in [5.41, 5.74) is 5.78. The second kappa shape index (κ2) is 16.1. The van der Waals surface area contributed by atoms with E-state index in [-0.39, 0.29) is 25.4 Å². The summed E-state index contributed by atoms with van der Waals surface area (Å²) >= 11 is 6.09. The van der Waals surface area contributed by atoms with Crippen molar-refractivity contribution in [2.24, 2.45) is 0 Å². The molecule has 0 aliphatic carbocycles. The molecule has 0 aromatic heterocycles. The Hall–Kier alpha value is -4.02. The lowest BCUT2D eigenvalue weighted by Gasteiger charge is -2.42. The van der Waals surface area contributed by atoms with E-state index in [1.165, 1.54) is 6.08 Å². The van der Waals surface area contributed by atoms with Gasteiger partial charge in [-0.3, -0.25) is 0 Å². The summed E-state index contributed by atoms with van der Waals surface area (Å²) < 4.78 is 18.4. The molecule has 49 heavy (non-hydrogen) atoms. The van der Waals surface area contributed by atoms with Gasteiger partial charge in [0.2, 0.25) is 0 Å². The third-order valence-corrected chi connectivity index (χ3v) is 9.58. The van der Waals surface area contributed by atoms with Crippen molar-refractivity contribution in [3.05, 3.63) is 143 Å². The van der Waals surface area contributed by atoms with Crippen LogP contribution in [0.15, 0.2) is 110 Å². The number of hydrogen-bond acceptors (Lipinski definition) is 7. The average molecular weight is 683 g/mol. The first kappa shape index (κ1) is 34.8. The number of piperidine rings is 1. The number of aliphatic hydroxyl groups is 2. The van der Waals surface area contributed by atoms with Gasteiger partial charge in [-0.15, -0.1) is 0 Å². The molecule has 3 N–H and O–H groups in total. The summed E-state index contributed by atoms with van der Waals surface area (Å²) in [6.45, 7) is 6.25. The number of aliphatic hydroxyl groups excluding tert-OH is 1. The monoisotopic (exact) mass is 682 g/mol. The van der Waals surface area contributed by atoms with Gasteiger partial charge in [-0.05, 0) is 70.5 Å². The van der Waals surface area contributed by atoms with Crippen LogP contribution in [0.5, 0.6) is 0 Å². The zero-order chi connectivity index (χ0) is 34.2. The van der Waals surface area contributed by atoms with E-state index in [0.717, 1.165) is 52.0 Å². The van der Waals surface area contributed by atoms with Crippen molar-refractivity contribution in [1.29, 1.82) is 0 Å². The highest BCUT2D eigenvalue weighted by Crippen LogP contribution is 2.40. The highest BCUT2D eigenvalue weighted by atomic mass is 35.5. The van der Waals surface area contributed by atoms with Crippen LogP contribution in [0, 0.1) is 0 Å². The predicted molar refractivity (Wildman–Crippen MR) is 190 cm³/mol. The van der Waals surface area contributed by atoms with Crippen LogP contribution in [0.1, 0.15) is 59.5 Å². The lowest BCUT2D eigenvalue weighted by molar-refractivity contribution is -0.253. The number of rotatable bonds is 11. The molecule has 4 aromatic carbocycles. The van der Waals surface area contributed by atoms with Crippen molar-refractivity contribution >= 4 is 17.7 Å². The number of hydrogen-bond donors (Lipinski definition) is 3. The van der Waals surface area contributed by atoms with Crippen molar-refractivity contribution in [2.45, 2.75) is 56.5 Å². The lowest BCUT2D eigenvalue weighted by Crippen LogP contribution is -2.46. The number of likely N-dealkylation sites (tertiary alicyclic amines) is 1. The molecule has 0 bridgehead atoms. The lowest BCUT2D eigenvalue weighted by atomic mass is 9.84. The van der Waals surface area contributed by atoms with Crippen LogP contribution in [0.25, 0.3) is 11.1 Å². The zero-order valence-corrected chi connectivity index (χ0v) is 28.2. The number of benzene rings is 4. The first-order valence-corrected chi connectivity index (χ1v) is 17.1. The fourth-order valence-corrected chi connectivity index (χ4v) is 6.69. The van der Waals surface area contributed by atoms with Crippen LogP contribution >= 0.6 is 11.6 Å². The number of halogens is 1. The summed E-state index contributed by atoms with van der Waals surface area (Å²) in [7, 11) is 0. The van der Waals surface area contributed by atoms with E-state index in [2.05, 4.69) is 28.9 Å². The van der Waals surface area contributed by atoms with Gasteiger partial charge in [0.25, 0.3) is 0 Å². The molecule has 6 rings (SSSR count). The smallest absolute Gasteiger partial charge is 0.407 e. The first-order chi connectivity index (χ1) is 23.8. The molecule has 0 saturated carbocycles. The molecule has 2 saturated heterocycles. The minimum absolute atomic E-state index is 0.0130. The van der Waals surface area contributed by atoms with Gasteiger partial charge in [-0.25, -0.2) is 4.79 Å². The fourth-order valence-electron chi connectivity index (χ4n) is 6.56. The normalized spacial score (nSPS) is 20.8. The summed E-state index contributed by atoms with van der Waals surface area (Å²) in [5, 5.41) is 24.5. The zero-order valence-electron chi connectivity index (χ0n) is 27.5. The van der Waals surface area contributed by atoms with Gasteiger partial charge in [0, 0.05) is 43.2 Å². The maximum absolute atomic E-state index is 11.9. The second-order valence-corrected chi connectivity index (χ2v) is 13.2. The number of nitrogens with one attached hydrogen (secondary N) is 1. The minimum Gasteiger partial charge on any atom is -0.445 e. The molecule has 2 fully saturated rings. The summed E-state index contributed by atoms with van der Waals surface area (Å²) in [6, 6.07) is 31.6. The maximum atomic E-state index is 11.9. The Bertz CT molecular complexity index is 1700. The van der Waals surface area contributed by atoms with Crippen molar-refractivity contribution < 1.29 is 29.2 Å². The number of nitrogens with zero attached hydrogens (tertiary/aromatic N) is 1. The maximum Gasteiger partial charge on any atom is 0.407 e. The Morgan fingerprint density at radius 1 is 0.939 bits per heavy atom. The van der Waals surface area contributed by atoms with Gasteiger partial charge in [-0.1, -0.05) is 97.1 Å². The minimum atomic E-state index is -0.875. The molecule has 8 nitrogen and oxygen atoms in total. The average Bonchev–Trinajstić information content (AvgIpc) is 3.14. The Balaban J connectivity index is 1.17. The highest BCUT2D eigenvalue weighted by molar-refractivity contribution is 6.30. The van der Waals surface area contributed by atoms with E-state index in [0.29, 0.717) is 37.4 Å². The van der Waals surface area contributed by atoms with E-state index in [1.54, 1.807) is 0 Å². The number of ether oxygens (including phenoxy) is 3. The first-order valence-electron chi connectivity index (χ1n) is 16.7. The molecule has 256 valence electrons. The SMILES string of the molecule is C=CCOC(=O)NCc1cccc(-c2cccc([C@@H]3O[C@H](CN4CCC(O)(c5ccc(Cl)cc5)CC4)C[C@H](c4ccc(CO)cc4)O3)c2)c1. The highest BCUT2D eigenvalue weighted by Gasteiger charge is 2.37. The molecule has 2 aliphatic rings. The number of carbonyl (C=O) groups excluding carboxylic acids is 1. The predicted octanol–water partition coefficient (Wildman–Crippen LogP) is 7.44. The number of amides is 1. The van der Waals surface area contributed by atoms with E-state index in [1.807, 2.05) is 84.9 Å². The Kier molecular flexibility index (Phi) is 11.5. The third kappa shape index (κ3) is 8.97. The summed E-state index contributed by atoms with van der Waals surface area (Å²) in [6.07, 6.45) is 2.06. The molecule has 0 unspecified atom stereocenters. The van der Waals surface area contributed by atoms with Crippen LogP contribution in [0.4, 0.5) is 4.79 Å². The quantitative estimate of drug-likeness (QED) is 0.141. The molecule has 9 heteroatoms. The molecule has 3 atom stereocenters. The molecule has 0 radical (unpaired) electrons. The van der Waals surface area contributed by atoms with Crippen molar-refractivity contribution in [3.63, 3.8) is 0 Å². The standard InChI is InChI=1S/C40H43ClN2O6/c1-2-21-47-39(45)42-25-29-5-3-6-31(22-29)32-7-4-8-33(23-32)38-48-36(24-37(49-38)30-11-9-28(27-44)10-12-30)26-43-19-17-40(46,18-20-43)34-13-15-35(41)16-14-34/h2-16,22-23,36-38,44,46H,1,17-21,24-27H2,(H,42,45)/t36-,37+,38+/m0/s1. The van der Waals surface area contributed by atoms with E-state index in [4.69, 9.17) is 25.8 Å². The summed E-state index contributed by atoms with van der Waals surface area (Å²) in [5.74, 6) is 0. The van der Waals surface area contributed by atoms with Gasteiger partial charge in [0.1, 0.15) is 6.61 Å². The number of alkyl carbamates (subject to hydrolysis) is 1. The Morgan fingerprint density at radius 2 is 1.65 bits per heavy atom. The fraction of sp³-hybridized carbons (Fsp3) is 0.325. The van der Waals surface area contributed by atoms with E-state index >= 15 is 0 Å². The van der Waals surface area contributed by atoms with Crippen LogP contribution in [-0.2, 0) is 33.0 Å². The topological polar surface area (TPSA) is 100 Å². The van der Waals surface area contributed by atoms with Gasteiger partial charge < -0.3 is 34.6 Å². The van der Waals surface area contributed by atoms with Gasteiger partial charge >= 0.3 is 6.09 Å². The van der Waals surface area contributed by atoms with Crippen molar-refractivity contribution in [3.8, 4) is 11.1 Å². The molecular weight excluding hydrogens is 640 g/mol. The van der Waals surface area contributed by atoms with Crippen LogP contribution in [0.3, 0.4) is 0 Å². The van der Waals surface area contributed by atoms with E-state index < -0.39 is 18.0 Å². The van der Waals surface area contributed by atoms with Gasteiger partial charge in [-0.2, -0.15) is 0 Å². The Morgan fingerprint density at radius 3 is 2.37 bits per heavy atom. The molecule has 2 aliphatic heterocycles. The number of carbonyl (C=O) groups is 1. The molecule has 0 spiro atoms. The molecular formula is C40H43ClN2O6.